The van der Waals surface area contributed by atoms with Gasteiger partial charge in [-0.25, -0.2) is 4.98 Å². The Morgan fingerprint density at radius 2 is 2.19 bits per heavy atom. The van der Waals surface area contributed by atoms with E-state index in [9.17, 15) is 9.90 Å². The third-order valence-electron chi connectivity index (χ3n) is 5.23. The van der Waals surface area contributed by atoms with Gasteiger partial charge in [-0.1, -0.05) is 18.5 Å². The Bertz CT molecular complexity index is 814. The van der Waals surface area contributed by atoms with E-state index >= 15 is 0 Å². The monoisotopic (exact) mass is 393 g/mol. The molecule has 0 aromatic carbocycles. The van der Waals surface area contributed by atoms with E-state index in [4.69, 9.17) is 17.3 Å². The molecule has 4 N–H and O–H groups in total. The first kappa shape index (κ1) is 19.9. The number of nitrogens with one attached hydrogen (secondary N) is 1. The number of aliphatic hydroxyl groups is 1. The average molecular weight is 394 g/mol. The van der Waals surface area contributed by atoms with Crippen LogP contribution in [0.25, 0.3) is 5.65 Å². The standard InChI is InChI=1S/C19H28ClN5O2/c1-12(11-26)9-24-5-3-14(4-6-24)8-22-19(27)15-7-16(20)17(21)25-10-13(2)23-18(15)25/h7,10,12,14,26H,3-6,8-9,11,21H2,1-2H3,(H,22,27). The number of carbonyl (C=O) groups excluding carboxylic acids is 1. The van der Waals surface area contributed by atoms with Gasteiger partial charge in [-0.2, -0.15) is 0 Å². The molecule has 0 bridgehead atoms. The van der Waals surface area contributed by atoms with Gasteiger partial charge < -0.3 is 21.1 Å². The summed E-state index contributed by atoms with van der Waals surface area (Å²) >= 11 is 6.19. The zero-order valence-electron chi connectivity index (χ0n) is 15.9. The molecule has 1 atom stereocenters. The average Bonchev–Trinajstić information content (AvgIpc) is 3.05. The first-order valence-corrected chi connectivity index (χ1v) is 9.82. The van der Waals surface area contributed by atoms with Crippen LogP contribution in [0.3, 0.4) is 0 Å². The first-order valence-electron chi connectivity index (χ1n) is 9.44. The molecule has 1 fully saturated rings. The molecule has 27 heavy (non-hydrogen) atoms. The van der Waals surface area contributed by atoms with E-state index in [0.29, 0.717) is 40.4 Å². The highest BCUT2D eigenvalue weighted by Gasteiger charge is 2.22. The van der Waals surface area contributed by atoms with Crippen LogP contribution in [0.15, 0.2) is 12.3 Å². The minimum atomic E-state index is -0.177. The molecule has 1 aliphatic heterocycles. The molecule has 8 heteroatoms. The van der Waals surface area contributed by atoms with Gasteiger partial charge in [-0.3, -0.25) is 9.20 Å². The highest BCUT2D eigenvalue weighted by molar-refractivity contribution is 6.33. The number of nitrogens with zero attached hydrogens (tertiary/aromatic N) is 3. The Balaban J connectivity index is 1.59. The molecule has 1 amide bonds. The SMILES string of the molecule is Cc1cn2c(N)c(Cl)cc(C(=O)NCC3CCN(CC(C)CO)CC3)c2n1. The number of rotatable bonds is 6. The van der Waals surface area contributed by atoms with Gasteiger partial charge in [-0.15, -0.1) is 0 Å². The molecule has 3 rings (SSSR count). The number of hydrogen-bond donors (Lipinski definition) is 3. The molecule has 1 aliphatic rings. The number of halogens is 1. The lowest BCUT2D eigenvalue weighted by atomic mass is 9.96. The van der Waals surface area contributed by atoms with Gasteiger partial charge in [0, 0.05) is 25.9 Å². The van der Waals surface area contributed by atoms with Crippen molar-refractivity contribution in [3.63, 3.8) is 0 Å². The van der Waals surface area contributed by atoms with Crippen molar-refractivity contribution >= 4 is 29.0 Å². The second-order valence-corrected chi connectivity index (χ2v) is 8.02. The number of nitrogen functional groups attached to an aromatic ring is 1. The van der Waals surface area contributed by atoms with Crippen LogP contribution in [0.2, 0.25) is 5.02 Å². The van der Waals surface area contributed by atoms with Gasteiger partial charge >= 0.3 is 0 Å². The number of anilines is 1. The fourth-order valence-electron chi connectivity index (χ4n) is 3.62. The zero-order valence-corrected chi connectivity index (χ0v) is 16.7. The fraction of sp³-hybridized carbons (Fsp3) is 0.579. The Kier molecular flexibility index (Phi) is 6.24. The molecule has 148 valence electrons. The van der Waals surface area contributed by atoms with Crippen molar-refractivity contribution in [3.8, 4) is 0 Å². The predicted octanol–water partition coefficient (Wildman–Crippen LogP) is 1.95. The third-order valence-corrected chi connectivity index (χ3v) is 5.53. The number of fused-ring (bicyclic) bond motifs is 1. The quantitative estimate of drug-likeness (QED) is 0.697. The van der Waals surface area contributed by atoms with Crippen LogP contribution >= 0.6 is 11.6 Å². The highest BCUT2D eigenvalue weighted by atomic mass is 35.5. The molecule has 2 aromatic heterocycles. The molecule has 0 saturated carbocycles. The van der Waals surface area contributed by atoms with Gasteiger partial charge in [0.15, 0.2) is 5.65 Å². The summed E-state index contributed by atoms with van der Waals surface area (Å²) in [5.74, 6) is 0.963. The summed E-state index contributed by atoms with van der Waals surface area (Å²) in [7, 11) is 0. The summed E-state index contributed by atoms with van der Waals surface area (Å²) in [4.78, 5) is 19.5. The maximum absolute atomic E-state index is 12.7. The number of imidazole rings is 1. The van der Waals surface area contributed by atoms with Crippen LogP contribution in [0.4, 0.5) is 5.82 Å². The smallest absolute Gasteiger partial charge is 0.255 e. The topological polar surface area (TPSA) is 95.9 Å². The number of amides is 1. The predicted molar refractivity (Wildman–Crippen MR) is 107 cm³/mol. The van der Waals surface area contributed by atoms with Gasteiger partial charge in [0.05, 0.1) is 16.3 Å². The Morgan fingerprint density at radius 3 is 2.85 bits per heavy atom. The molecule has 7 nitrogen and oxygen atoms in total. The van der Waals surface area contributed by atoms with Gasteiger partial charge in [0.1, 0.15) is 5.82 Å². The van der Waals surface area contributed by atoms with E-state index in [2.05, 4.69) is 22.1 Å². The van der Waals surface area contributed by atoms with E-state index in [1.807, 2.05) is 6.92 Å². The van der Waals surface area contributed by atoms with E-state index in [1.54, 1.807) is 16.7 Å². The van der Waals surface area contributed by atoms with E-state index < -0.39 is 0 Å². The summed E-state index contributed by atoms with van der Waals surface area (Å²) in [6, 6.07) is 1.59. The lowest BCUT2D eigenvalue weighted by molar-refractivity contribution is 0.0930. The number of aryl methyl sites for hydroxylation is 1. The molecular formula is C19H28ClN5O2. The lowest BCUT2D eigenvalue weighted by Crippen LogP contribution is -2.40. The maximum Gasteiger partial charge on any atom is 0.255 e. The number of pyridine rings is 1. The van der Waals surface area contributed by atoms with Crippen molar-refractivity contribution in [1.29, 1.82) is 0 Å². The van der Waals surface area contributed by atoms with Crippen LogP contribution in [-0.2, 0) is 0 Å². The molecule has 2 aromatic rings. The van der Waals surface area contributed by atoms with Crippen LogP contribution < -0.4 is 11.1 Å². The zero-order chi connectivity index (χ0) is 19.6. The van der Waals surface area contributed by atoms with Gasteiger partial charge in [0.2, 0.25) is 0 Å². The molecule has 3 heterocycles. The summed E-state index contributed by atoms with van der Waals surface area (Å²) < 4.78 is 1.66. The van der Waals surface area contributed by atoms with Crippen molar-refractivity contribution in [2.75, 3.05) is 38.5 Å². The molecular weight excluding hydrogens is 366 g/mol. The molecule has 1 saturated heterocycles. The van der Waals surface area contributed by atoms with Crippen LogP contribution in [0.5, 0.6) is 0 Å². The van der Waals surface area contributed by atoms with Crippen LogP contribution in [0, 0.1) is 18.8 Å². The maximum atomic E-state index is 12.7. The van der Waals surface area contributed by atoms with Gasteiger partial charge in [-0.05, 0) is 50.8 Å². The van der Waals surface area contributed by atoms with Crippen molar-refractivity contribution in [1.82, 2.24) is 19.6 Å². The minimum absolute atomic E-state index is 0.177. The third kappa shape index (κ3) is 4.54. The number of aliphatic hydroxyl groups excluding tert-OH is 1. The fourth-order valence-corrected chi connectivity index (χ4v) is 3.82. The Labute approximate surface area is 164 Å². The summed E-state index contributed by atoms with van der Waals surface area (Å²) in [6.07, 6.45) is 3.86. The second-order valence-electron chi connectivity index (χ2n) is 7.61. The number of carbonyl (C=O) groups is 1. The van der Waals surface area contributed by atoms with E-state index in [0.717, 1.165) is 38.2 Å². The number of likely N-dealkylation sites (tertiary alicyclic amines) is 1. The lowest BCUT2D eigenvalue weighted by Gasteiger charge is -2.33. The van der Waals surface area contributed by atoms with E-state index in [1.165, 1.54) is 0 Å². The van der Waals surface area contributed by atoms with Crippen LogP contribution in [0.1, 0.15) is 35.8 Å². The normalized spacial score (nSPS) is 17.3. The second kappa shape index (κ2) is 8.46. The highest BCUT2D eigenvalue weighted by Crippen LogP contribution is 2.25. The van der Waals surface area contributed by atoms with Gasteiger partial charge in [0.25, 0.3) is 5.91 Å². The Hall–Kier alpha value is -1.83. The Morgan fingerprint density at radius 1 is 1.48 bits per heavy atom. The molecule has 0 spiro atoms. The van der Waals surface area contributed by atoms with Crippen molar-refractivity contribution in [2.45, 2.75) is 26.7 Å². The van der Waals surface area contributed by atoms with Crippen molar-refractivity contribution < 1.29 is 9.90 Å². The molecule has 1 unspecified atom stereocenters. The van der Waals surface area contributed by atoms with Crippen molar-refractivity contribution in [3.05, 3.63) is 28.5 Å². The largest absolute Gasteiger partial charge is 0.396 e. The number of hydrogen-bond acceptors (Lipinski definition) is 5. The minimum Gasteiger partial charge on any atom is -0.396 e. The summed E-state index contributed by atoms with van der Waals surface area (Å²) in [6.45, 7) is 7.70. The number of nitrogens with two attached hydrogens (primary N) is 1. The summed E-state index contributed by atoms with van der Waals surface area (Å²) in [5.41, 5.74) is 7.74. The first-order chi connectivity index (χ1) is 12.9. The number of aromatic nitrogens is 2. The van der Waals surface area contributed by atoms with E-state index in [-0.39, 0.29) is 12.5 Å². The number of piperidine rings is 1. The molecule has 0 radical (unpaired) electrons. The summed E-state index contributed by atoms with van der Waals surface area (Å²) in [5, 5.41) is 12.6. The molecule has 0 aliphatic carbocycles. The van der Waals surface area contributed by atoms with Crippen LogP contribution in [-0.4, -0.2) is 58.1 Å². The van der Waals surface area contributed by atoms with Crippen molar-refractivity contribution in [2.24, 2.45) is 11.8 Å².